The SMILES string of the molecule is CCC(N)c1cnn(Cc2cc(OC)ccc2Br)c1. The molecule has 2 N–H and O–H groups in total. The number of ether oxygens (including phenoxy) is 1. The number of hydrogen-bond donors (Lipinski definition) is 1. The Hall–Kier alpha value is -1.33. The van der Waals surface area contributed by atoms with Gasteiger partial charge in [-0.15, -0.1) is 0 Å². The highest BCUT2D eigenvalue weighted by Gasteiger charge is 2.08. The molecule has 0 aliphatic heterocycles. The second-order valence-electron chi connectivity index (χ2n) is 4.44. The zero-order valence-corrected chi connectivity index (χ0v) is 12.7. The Morgan fingerprint density at radius 3 is 2.95 bits per heavy atom. The van der Waals surface area contributed by atoms with Crippen LogP contribution in [0.4, 0.5) is 0 Å². The van der Waals surface area contributed by atoms with Gasteiger partial charge in [0.1, 0.15) is 5.75 Å². The number of aromatic nitrogens is 2. The predicted molar refractivity (Wildman–Crippen MR) is 79.2 cm³/mol. The molecule has 0 aliphatic rings. The van der Waals surface area contributed by atoms with Crippen molar-refractivity contribution in [1.29, 1.82) is 0 Å². The molecule has 0 radical (unpaired) electrons. The zero-order chi connectivity index (χ0) is 13.8. The fourth-order valence-electron chi connectivity index (χ4n) is 1.87. The molecule has 19 heavy (non-hydrogen) atoms. The van der Waals surface area contributed by atoms with Crippen LogP contribution in [0.1, 0.15) is 30.5 Å². The van der Waals surface area contributed by atoms with Gasteiger partial charge in [-0.1, -0.05) is 22.9 Å². The molecule has 0 bridgehead atoms. The van der Waals surface area contributed by atoms with Crippen molar-refractivity contribution in [2.45, 2.75) is 25.9 Å². The third-order valence-corrected chi connectivity index (χ3v) is 3.88. The van der Waals surface area contributed by atoms with Gasteiger partial charge < -0.3 is 10.5 Å². The molecule has 1 heterocycles. The normalized spacial score (nSPS) is 12.4. The average Bonchev–Trinajstić information content (AvgIpc) is 2.89. The maximum Gasteiger partial charge on any atom is 0.119 e. The largest absolute Gasteiger partial charge is 0.497 e. The second kappa shape index (κ2) is 6.21. The van der Waals surface area contributed by atoms with Gasteiger partial charge in [-0.25, -0.2) is 0 Å². The topological polar surface area (TPSA) is 53.1 Å². The van der Waals surface area contributed by atoms with E-state index < -0.39 is 0 Å². The van der Waals surface area contributed by atoms with Crippen LogP contribution in [0.5, 0.6) is 5.75 Å². The van der Waals surface area contributed by atoms with E-state index >= 15 is 0 Å². The molecule has 1 aromatic heterocycles. The molecule has 4 nitrogen and oxygen atoms in total. The minimum Gasteiger partial charge on any atom is -0.497 e. The number of halogens is 1. The Labute approximate surface area is 121 Å². The number of rotatable bonds is 5. The highest BCUT2D eigenvalue weighted by atomic mass is 79.9. The standard InChI is InChI=1S/C14H18BrN3O/c1-3-14(16)11-7-17-18(9-11)8-10-6-12(19-2)4-5-13(10)15/h4-7,9,14H,3,8,16H2,1-2H3. The van der Waals surface area contributed by atoms with Crippen LogP contribution in [-0.2, 0) is 6.54 Å². The summed E-state index contributed by atoms with van der Waals surface area (Å²) in [5.41, 5.74) is 8.19. The van der Waals surface area contributed by atoms with Crippen molar-refractivity contribution in [3.8, 4) is 5.75 Å². The minimum atomic E-state index is 0.0579. The molecule has 2 aromatic rings. The van der Waals surface area contributed by atoms with Crippen LogP contribution in [0.15, 0.2) is 35.1 Å². The minimum absolute atomic E-state index is 0.0579. The first-order valence-corrected chi connectivity index (χ1v) is 7.03. The molecule has 102 valence electrons. The third kappa shape index (κ3) is 3.36. The monoisotopic (exact) mass is 323 g/mol. The van der Waals surface area contributed by atoms with E-state index in [0.29, 0.717) is 6.54 Å². The first-order chi connectivity index (χ1) is 9.13. The molecule has 1 atom stereocenters. The van der Waals surface area contributed by atoms with Gasteiger partial charge in [0.15, 0.2) is 0 Å². The van der Waals surface area contributed by atoms with Gasteiger partial charge in [-0.2, -0.15) is 5.10 Å². The summed E-state index contributed by atoms with van der Waals surface area (Å²) >= 11 is 3.55. The summed E-state index contributed by atoms with van der Waals surface area (Å²) in [4.78, 5) is 0. The first kappa shape index (κ1) is 14.1. The van der Waals surface area contributed by atoms with E-state index in [1.165, 1.54) is 0 Å². The number of hydrogen-bond acceptors (Lipinski definition) is 3. The third-order valence-electron chi connectivity index (χ3n) is 3.11. The summed E-state index contributed by atoms with van der Waals surface area (Å²) in [7, 11) is 1.67. The van der Waals surface area contributed by atoms with Gasteiger partial charge in [-0.3, -0.25) is 4.68 Å². The van der Waals surface area contributed by atoms with Gasteiger partial charge >= 0.3 is 0 Å². The first-order valence-electron chi connectivity index (χ1n) is 6.24. The summed E-state index contributed by atoms with van der Waals surface area (Å²) in [6.07, 6.45) is 4.75. The average molecular weight is 324 g/mol. The van der Waals surface area contributed by atoms with Gasteiger partial charge in [0.05, 0.1) is 19.9 Å². The molecular weight excluding hydrogens is 306 g/mol. The van der Waals surface area contributed by atoms with Crippen LogP contribution < -0.4 is 10.5 Å². The number of nitrogens with zero attached hydrogens (tertiary/aromatic N) is 2. The summed E-state index contributed by atoms with van der Waals surface area (Å²) in [6, 6.07) is 5.97. The van der Waals surface area contributed by atoms with Crippen LogP contribution in [0.2, 0.25) is 0 Å². The van der Waals surface area contributed by atoms with E-state index in [4.69, 9.17) is 10.5 Å². The number of benzene rings is 1. The molecule has 1 aromatic carbocycles. The lowest BCUT2D eigenvalue weighted by Crippen LogP contribution is -2.07. The Morgan fingerprint density at radius 1 is 1.47 bits per heavy atom. The lowest BCUT2D eigenvalue weighted by molar-refractivity contribution is 0.414. The van der Waals surface area contributed by atoms with Crippen molar-refractivity contribution in [2.75, 3.05) is 7.11 Å². The molecule has 0 saturated carbocycles. The Balaban J connectivity index is 2.19. The van der Waals surface area contributed by atoms with Crippen LogP contribution in [-0.4, -0.2) is 16.9 Å². The lowest BCUT2D eigenvalue weighted by Gasteiger charge is -2.08. The Bertz CT molecular complexity index is 553. The summed E-state index contributed by atoms with van der Waals surface area (Å²) in [5.74, 6) is 0.843. The van der Waals surface area contributed by atoms with Crippen molar-refractivity contribution in [3.63, 3.8) is 0 Å². The summed E-state index contributed by atoms with van der Waals surface area (Å²) in [6.45, 7) is 2.76. The van der Waals surface area contributed by atoms with E-state index in [1.807, 2.05) is 35.3 Å². The zero-order valence-electron chi connectivity index (χ0n) is 11.1. The van der Waals surface area contributed by atoms with Gasteiger partial charge in [0, 0.05) is 22.3 Å². The Morgan fingerprint density at radius 2 is 2.26 bits per heavy atom. The predicted octanol–water partition coefficient (Wildman–Crippen LogP) is 3.11. The van der Waals surface area contributed by atoms with Crippen LogP contribution in [0.3, 0.4) is 0 Å². The van der Waals surface area contributed by atoms with Gasteiger partial charge in [0.2, 0.25) is 0 Å². The van der Waals surface area contributed by atoms with Gasteiger partial charge in [-0.05, 0) is 30.2 Å². The highest BCUT2D eigenvalue weighted by molar-refractivity contribution is 9.10. The number of nitrogens with two attached hydrogens (primary N) is 1. The summed E-state index contributed by atoms with van der Waals surface area (Å²) < 4.78 is 8.18. The molecule has 0 spiro atoms. The van der Waals surface area contributed by atoms with Crippen molar-refractivity contribution in [2.24, 2.45) is 5.73 Å². The number of methoxy groups -OCH3 is 1. The lowest BCUT2D eigenvalue weighted by atomic mass is 10.1. The molecule has 1 unspecified atom stereocenters. The molecule has 0 fully saturated rings. The molecule has 2 rings (SSSR count). The van der Waals surface area contributed by atoms with E-state index in [1.54, 1.807) is 7.11 Å². The van der Waals surface area contributed by atoms with Gasteiger partial charge in [0.25, 0.3) is 0 Å². The van der Waals surface area contributed by atoms with Crippen LogP contribution >= 0.6 is 15.9 Å². The Kier molecular flexibility index (Phi) is 4.61. The molecule has 0 amide bonds. The van der Waals surface area contributed by atoms with Crippen molar-refractivity contribution < 1.29 is 4.74 Å². The van der Waals surface area contributed by atoms with E-state index in [2.05, 4.69) is 28.0 Å². The van der Waals surface area contributed by atoms with Crippen LogP contribution in [0.25, 0.3) is 0 Å². The van der Waals surface area contributed by atoms with Crippen molar-refractivity contribution >= 4 is 15.9 Å². The smallest absolute Gasteiger partial charge is 0.119 e. The highest BCUT2D eigenvalue weighted by Crippen LogP contribution is 2.23. The molecule has 0 aliphatic carbocycles. The van der Waals surface area contributed by atoms with E-state index in [9.17, 15) is 0 Å². The maximum atomic E-state index is 5.99. The quantitative estimate of drug-likeness (QED) is 0.919. The van der Waals surface area contributed by atoms with Crippen molar-refractivity contribution in [3.05, 3.63) is 46.2 Å². The van der Waals surface area contributed by atoms with E-state index in [-0.39, 0.29) is 6.04 Å². The second-order valence-corrected chi connectivity index (χ2v) is 5.30. The van der Waals surface area contributed by atoms with E-state index in [0.717, 1.165) is 27.8 Å². The molecular formula is C14H18BrN3O. The van der Waals surface area contributed by atoms with Crippen LogP contribution in [0, 0.1) is 0 Å². The fraction of sp³-hybridized carbons (Fsp3) is 0.357. The maximum absolute atomic E-state index is 5.99. The molecule has 0 saturated heterocycles. The fourth-order valence-corrected chi connectivity index (χ4v) is 2.24. The van der Waals surface area contributed by atoms with Crippen molar-refractivity contribution in [1.82, 2.24) is 9.78 Å². The summed E-state index contributed by atoms with van der Waals surface area (Å²) in [5, 5.41) is 4.35. The molecule has 5 heteroatoms.